The topological polar surface area (TPSA) is 51.8 Å². The second-order valence-electron chi connectivity index (χ2n) is 12.0. The maximum Gasteiger partial charge on any atom is 0.167 e. The Morgan fingerprint density at radius 3 is 1.41 bits per heavy atom. The van der Waals surface area contributed by atoms with E-state index in [-0.39, 0.29) is 0 Å². The van der Waals surface area contributed by atoms with Gasteiger partial charge < -0.3 is 4.42 Å². The normalized spacial score (nSPS) is 11.3. The first kappa shape index (κ1) is 28.6. The van der Waals surface area contributed by atoms with Gasteiger partial charge >= 0.3 is 0 Å². The molecule has 0 aliphatic rings. The van der Waals surface area contributed by atoms with Gasteiger partial charge in [-0.3, -0.25) is 0 Å². The molecule has 4 heteroatoms. The molecule has 0 aliphatic carbocycles. The van der Waals surface area contributed by atoms with Gasteiger partial charge in [0.25, 0.3) is 0 Å². The molecule has 7 aromatic carbocycles. The van der Waals surface area contributed by atoms with Crippen LogP contribution in [0.4, 0.5) is 0 Å². The summed E-state index contributed by atoms with van der Waals surface area (Å²) >= 11 is 0. The minimum atomic E-state index is 0.563. The van der Waals surface area contributed by atoms with E-state index in [9.17, 15) is 0 Å². The van der Waals surface area contributed by atoms with Crippen LogP contribution < -0.4 is 0 Å². The van der Waals surface area contributed by atoms with E-state index in [0.29, 0.717) is 17.5 Å². The van der Waals surface area contributed by atoms with E-state index in [2.05, 4.69) is 127 Å². The zero-order valence-corrected chi connectivity index (χ0v) is 26.5. The Kier molecular flexibility index (Phi) is 7.10. The number of fused-ring (bicyclic) bond motifs is 3. The molecule has 0 amide bonds. The Bertz CT molecular complexity index is 2570. The van der Waals surface area contributed by atoms with E-state index in [1.165, 1.54) is 11.1 Å². The molecule has 0 atom stereocenters. The van der Waals surface area contributed by atoms with Crippen molar-refractivity contribution in [2.45, 2.75) is 0 Å². The predicted octanol–water partition coefficient (Wildman–Crippen LogP) is 11.8. The van der Waals surface area contributed by atoms with Gasteiger partial charge in [-0.25, -0.2) is 15.0 Å². The maximum absolute atomic E-state index is 6.42. The molecule has 49 heavy (non-hydrogen) atoms. The molecule has 2 aromatic heterocycles. The molecule has 9 rings (SSSR count). The van der Waals surface area contributed by atoms with Crippen LogP contribution in [0, 0.1) is 0 Å². The van der Waals surface area contributed by atoms with Crippen molar-refractivity contribution in [1.82, 2.24) is 15.0 Å². The highest BCUT2D eigenvalue weighted by molar-refractivity contribution is 6.09. The molecule has 0 saturated heterocycles. The third-order valence-corrected chi connectivity index (χ3v) is 9.00. The Labute approximate surface area is 284 Å². The van der Waals surface area contributed by atoms with Crippen LogP contribution in [0.2, 0.25) is 0 Å². The molecule has 0 saturated carbocycles. The number of benzene rings is 7. The van der Waals surface area contributed by atoms with Crippen molar-refractivity contribution >= 4 is 21.9 Å². The molecule has 0 N–H and O–H groups in total. The summed E-state index contributed by atoms with van der Waals surface area (Å²) in [5.74, 6) is 1.77. The second kappa shape index (κ2) is 12.2. The van der Waals surface area contributed by atoms with Crippen molar-refractivity contribution < 1.29 is 4.42 Å². The van der Waals surface area contributed by atoms with Crippen LogP contribution in [0.3, 0.4) is 0 Å². The fraction of sp³-hybridized carbons (Fsp3) is 0. The SMILES string of the molecule is c1ccc(-c2ccc(-c3ccc(-c4nc(-c5ccccc5-c5ccccc5)nc(-c5cccc6c5oc5ccccc56)n4)cc3)cc2)cc1. The van der Waals surface area contributed by atoms with Crippen LogP contribution in [0.25, 0.3) is 89.5 Å². The second-order valence-corrected chi connectivity index (χ2v) is 12.0. The monoisotopic (exact) mass is 627 g/mol. The Hall–Kier alpha value is -6.65. The standard InChI is InChI=1S/C45H29N3O/c1-3-12-30(13-4-1)31-22-24-32(25-23-31)33-26-28-35(29-27-33)43-46-44(39-18-8-7-16-36(39)34-14-5-2-6-15-34)48-45(47-43)40-20-11-19-38-37-17-9-10-21-41(37)49-42(38)40/h1-29H. The van der Waals surface area contributed by atoms with Crippen LogP contribution in [0.1, 0.15) is 0 Å². The molecule has 0 unspecified atom stereocenters. The van der Waals surface area contributed by atoms with Gasteiger partial charge in [0.15, 0.2) is 17.5 Å². The largest absolute Gasteiger partial charge is 0.455 e. The predicted molar refractivity (Wildman–Crippen MR) is 200 cm³/mol. The average Bonchev–Trinajstić information content (AvgIpc) is 3.58. The van der Waals surface area contributed by atoms with Crippen molar-refractivity contribution in [3.8, 4) is 67.5 Å². The van der Waals surface area contributed by atoms with Crippen LogP contribution in [-0.2, 0) is 0 Å². The van der Waals surface area contributed by atoms with E-state index >= 15 is 0 Å². The van der Waals surface area contributed by atoms with Gasteiger partial charge in [0.2, 0.25) is 0 Å². The molecule has 230 valence electrons. The van der Waals surface area contributed by atoms with Crippen molar-refractivity contribution in [3.63, 3.8) is 0 Å². The minimum absolute atomic E-state index is 0.563. The van der Waals surface area contributed by atoms with Gasteiger partial charge in [-0.05, 0) is 45.5 Å². The Balaban J connectivity index is 1.17. The number of furan rings is 1. The van der Waals surface area contributed by atoms with Crippen molar-refractivity contribution in [2.24, 2.45) is 0 Å². The van der Waals surface area contributed by atoms with Gasteiger partial charge in [0, 0.05) is 21.9 Å². The van der Waals surface area contributed by atoms with E-state index in [4.69, 9.17) is 19.4 Å². The van der Waals surface area contributed by atoms with Crippen LogP contribution in [-0.4, -0.2) is 15.0 Å². The molecule has 2 heterocycles. The fourth-order valence-corrected chi connectivity index (χ4v) is 6.51. The molecule has 0 bridgehead atoms. The summed E-state index contributed by atoms with van der Waals surface area (Å²) in [6.45, 7) is 0. The lowest BCUT2D eigenvalue weighted by molar-refractivity contribution is 0.669. The van der Waals surface area contributed by atoms with Crippen LogP contribution in [0.5, 0.6) is 0 Å². The zero-order chi connectivity index (χ0) is 32.6. The first-order valence-corrected chi connectivity index (χ1v) is 16.4. The smallest absolute Gasteiger partial charge is 0.167 e. The number of rotatable bonds is 6. The first-order valence-electron chi connectivity index (χ1n) is 16.4. The highest BCUT2D eigenvalue weighted by Gasteiger charge is 2.19. The average molecular weight is 628 g/mol. The van der Waals surface area contributed by atoms with Gasteiger partial charge in [-0.15, -0.1) is 0 Å². The number of aromatic nitrogens is 3. The highest BCUT2D eigenvalue weighted by atomic mass is 16.3. The maximum atomic E-state index is 6.42. The molecule has 0 fully saturated rings. The molecule has 0 radical (unpaired) electrons. The third kappa shape index (κ3) is 5.35. The van der Waals surface area contributed by atoms with Crippen molar-refractivity contribution in [1.29, 1.82) is 0 Å². The summed E-state index contributed by atoms with van der Waals surface area (Å²) in [5, 5.41) is 2.10. The van der Waals surface area contributed by atoms with Gasteiger partial charge in [0.1, 0.15) is 11.2 Å². The van der Waals surface area contributed by atoms with Crippen molar-refractivity contribution in [3.05, 3.63) is 176 Å². The molecular formula is C45H29N3O. The lowest BCUT2D eigenvalue weighted by Gasteiger charge is -2.12. The molecular weight excluding hydrogens is 599 g/mol. The van der Waals surface area contributed by atoms with E-state index in [1.54, 1.807) is 0 Å². The minimum Gasteiger partial charge on any atom is -0.455 e. The summed E-state index contributed by atoms with van der Waals surface area (Å²) in [7, 11) is 0. The molecule has 0 spiro atoms. The van der Waals surface area contributed by atoms with Crippen molar-refractivity contribution in [2.75, 3.05) is 0 Å². The number of nitrogens with zero attached hydrogens (tertiary/aromatic N) is 3. The fourth-order valence-electron chi connectivity index (χ4n) is 6.51. The summed E-state index contributed by atoms with van der Waals surface area (Å²) in [6, 6.07) is 60.5. The summed E-state index contributed by atoms with van der Waals surface area (Å²) in [4.78, 5) is 15.3. The van der Waals surface area contributed by atoms with Crippen LogP contribution >= 0.6 is 0 Å². The van der Waals surface area contributed by atoms with Gasteiger partial charge in [0.05, 0.1) is 5.56 Å². The highest BCUT2D eigenvalue weighted by Crippen LogP contribution is 2.37. The lowest BCUT2D eigenvalue weighted by Crippen LogP contribution is -2.01. The number of para-hydroxylation sites is 2. The van der Waals surface area contributed by atoms with E-state index in [0.717, 1.165) is 60.9 Å². The molecule has 0 aliphatic heterocycles. The van der Waals surface area contributed by atoms with Gasteiger partial charge in [-0.1, -0.05) is 164 Å². The van der Waals surface area contributed by atoms with Gasteiger partial charge in [-0.2, -0.15) is 0 Å². The lowest BCUT2D eigenvalue weighted by atomic mass is 9.99. The number of hydrogen-bond acceptors (Lipinski definition) is 4. The summed E-state index contributed by atoms with van der Waals surface area (Å²) < 4.78 is 6.42. The van der Waals surface area contributed by atoms with Crippen LogP contribution in [0.15, 0.2) is 180 Å². The van der Waals surface area contributed by atoms with E-state index in [1.807, 2.05) is 48.5 Å². The Morgan fingerprint density at radius 1 is 0.286 bits per heavy atom. The molecule has 4 nitrogen and oxygen atoms in total. The number of hydrogen-bond donors (Lipinski definition) is 0. The zero-order valence-electron chi connectivity index (χ0n) is 26.5. The summed E-state index contributed by atoms with van der Waals surface area (Å²) in [5.41, 5.74) is 11.1. The first-order chi connectivity index (χ1) is 24.3. The quantitative estimate of drug-likeness (QED) is 0.184. The summed E-state index contributed by atoms with van der Waals surface area (Å²) in [6.07, 6.45) is 0. The Morgan fingerprint density at radius 2 is 0.735 bits per heavy atom. The molecule has 9 aromatic rings. The van der Waals surface area contributed by atoms with E-state index < -0.39 is 0 Å². The third-order valence-electron chi connectivity index (χ3n) is 9.00.